The Morgan fingerprint density at radius 3 is 2.50 bits per heavy atom. The van der Waals surface area contributed by atoms with Gasteiger partial charge in [0.15, 0.2) is 11.6 Å². The number of halogens is 1. The van der Waals surface area contributed by atoms with Gasteiger partial charge >= 0.3 is 5.97 Å². The number of rotatable bonds is 3. The van der Waals surface area contributed by atoms with Gasteiger partial charge in [0, 0.05) is 0 Å². The molecule has 0 aliphatic heterocycles. The normalized spacial score (nSPS) is 8.83. The van der Waals surface area contributed by atoms with Crippen molar-refractivity contribution in [2.75, 3.05) is 5.43 Å². The third kappa shape index (κ3) is 2.71. The van der Waals surface area contributed by atoms with Crippen LogP contribution in [0.5, 0.6) is 5.75 Å². The number of hydrazone groups is 1. The Morgan fingerprint density at radius 1 is 1.39 bits per heavy atom. The summed E-state index contributed by atoms with van der Waals surface area (Å²) in [5, 5.41) is 38.0. The maximum absolute atomic E-state index is 13.2. The van der Waals surface area contributed by atoms with Crippen molar-refractivity contribution in [3.63, 3.8) is 0 Å². The topological polar surface area (TPSA) is 130 Å². The maximum atomic E-state index is 13.2. The number of phenols is 1. The molecule has 0 atom stereocenters. The van der Waals surface area contributed by atoms with E-state index in [0.717, 1.165) is 6.07 Å². The van der Waals surface area contributed by atoms with Crippen LogP contribution in [-0.2, 0) is 0 Å². The van der Waals surface area contributed by atoms with Gasteiger partial charge in [-0.15, -0.1) is 0 Å². The van der Waals surface area contributed by atoms with Gasteiger partial charge < -0.3 is 10.2 Å². The van der Waals surface area contributed by atoms with Crippen LogP contribution in [-0.4, -0.2) is 21.9 Å². The second-order valence-electron chi connectivity index (χ2n) is 2.96. The van der Waals surface area contributed by atoms with Crippen molar-refractivity contribution in [1.82, 2.24) is 0 Å². The number of hydrogen-bond acceptors (Lipinski definition) is 6. The molecule has 0 unspecified atom stereocenters. The van der Waals surface area contributed by atoms with E-state index in [2.05, 4.69) is 5.10 Å². The fourth-order valence-corrected chi connectivity index (χ4v) is 0.999. The Labute approximate surface area is 100 Å². The predicted octanol–water partition coefficient (Wildman–Crippen LogP) is 1.04. The molecule has 0 aliphatic rings. The van der Waals surface area contributed by atoms with Gasteiger partial charge in [0.1, 0.15) is 17.8 Å². The minimum atomic E-state index is -1.40. The number of carboxylic acid groups (broad SMARTS) is 1. The average Bonchev–Trinajstić information content (AvgIpc) is 2.34. The Morgan fingerprint density at radius 2 is 2.00 bits per heavy atom. The number of aromatic hydroxyl groups is 1. The standard InChI is InChI=1S/C10H5FN4O3/c11-7-1-5(10(17)18)2-8(9(7)16)15-14-6(3-12)4-13/h1-2,15-16H,(H,17,18). The minimum Gasteiger partial charge on any atom is -0.503 e. The summed E-state index contributed by atoms with van der Waals surface area (Å²) < 4.78 is 13.2. The summed E-state index contributed by atoms with van der Waals surface area (Å²) in [6.07, 6.45) is 0. The van der Waals surface area contributed by atoms with Crippen LogP contribution in [0.25, 0.3) is 0 Å². The van der Waals surface area contributed by atoms with Crippen molar-refractivity contribution in [2.45, 2.75) is 0 Å². The maximum Gasteiger partial charge on any atom is 0.335 e. The van der Waals surface area contributed by atoms with Crippen molar-refractivity contribution < 1.29 is 19.4 Å². The summed E-state index contributed by atoms with van der Waals surface area (Å²) in [5.41, 5.74) is 0.697. The third-order valence-electron chi connectivity index (χ3n) is 1.81. The van der Waals surface area contributed by atoms with Gasteiger partial charge in [-0.1, -0.05) is 0 Å². The second-order valence-corrected chi connectivity index (χ2v) is 2.96. The van der Waals surface area contributed by atoms with Crippen LogP contribution in [0.15, 0.2) is 17.2 Å². The molecule has 0 heterocycles. The number of anilines is 1. The molecule has 1 rings (SSSR count). The van der Waals surface area contributed by atoms with Crippen molar-refractivity contribution in [3.05, 3.63) is 23.5 Å². The van der Waals surface area contributed by atoms with Gasteiger partial charge in [-0.25, -0.2) is 9.18 Å². The first-order chi connectivity index (χ1) is 8.49. The zero-order valence-corrected chi connectivity index (χ0v) is 8.68. The van der Waals surface area contributed by atoms with E-state index < -0.39 is 28.8 Å². The second kappa shape index (κ2) is 5.27. The third-order valence-corrected chi connectivity index (χ3v) is 1.81. The van der Waals surface area contributed by atoms with Crippen molar-refractivity contribution in [3.8, 4) is 17.9 Å². The van der Waals surface area contributed by atoms with Crippen LogP contribution in [0.4, 0.5) is 10.1 Å². The van der Waals surface area contributed by atoms with Crippen molar-refractivity contribution >= 4 is 17.4 Å². The molecule has 0 radical (unpaired) electrons. The molecule has 0 saturated heterocycles. The molecule has 0 bridgehead atoms. The fourth-order valence-electron chi connectivity index (χ4n) is 0.999. The highest BCUT2D eigenvalue weighted by molar-refractivity contribution is 6.10. The van der Waals surface area contributed by atoms with E-state index in [1.165, 1.54) is 12.1 Å². The van der Waals surface area contributed by atoms with Crippen molar-refractivity contribution in [1.29, 1.82) is 10.5 Å². The zero-order valence-electron chi connectivity index (χ0n) is 8.68. The van der Waals surface area contributed by atoms with Gasteiger partial charge in [-0.05, 0) is 12.1 Å². The number of phenolic OH excluding ortho intramolecular Hbond substituents is 1. The predicted molar refractivity (Wildman–Crippen MR) is 57.3 cm³/mol. The number of aromatic carboxylic acids is 1. The summed E-state index contributed by atoms with van der Waals surface area (Å²) in [6, 6.07) is 4.40. The summed E-state index contributed by atoms with van der Waals surface area (Å²) >= 11 is 0. The Hall–Kier alpha value is -3.13. The molecule has 1 aromatic rings. The highest BCUT2D eigenvalue weighted by Crippen LogP contribution is 2.28. The lowest BCUT2D eigenvalue weighted by Gasteiger charge is -2.05. The van der Waals surface area contributed by atoms with Crippen LogP contribution in [0, 0.1) is 28.5 Å². The van der Waals surface area contributed by atoms with Gasteiger partial charge in [-0.3, -0.25) is 5.43 Å². The molecule has 8 heteroatoms. The number of benzene rings is 1. The number of nitrogens with one attached hydrogen (secondary N) is 1. The summed E-state index contributed by atoms with van der Waals surface area (Å²) in [4.78, 5) is 10.7. The highest BCUT2D eigenvalue weighted by Gasteiger charge is 2.13. The smallest absolute Gasteiger partial charge is 0.335 e. The van der Waals surface area contributed by atoms with Crippen LogP contribution in [0.3, 0.4) is 0 Å². The molecule has 0 aromatic heterocycles. The summed E-state index contributed by atoms with van der Waals surface area (Å²) in [7, 11) is 0. The summed E-state index contributed by atoms with van der Waals surface area (Å²) in [5.74, 6) is -3.43. The number of hydrogen-bond donors (Lipinski definition) is 3. The monoisotopic (exact) mass is 248 g/mol. The van der Waals surface area contributed by atoms with Crippen LogP contribution in [0.1, 0.15) is 10.4 Å². The SMILES string of the molecule is N#CC(C#N)=NNc1cc(C(=O)O)cc(F)c1O. The van der Waals surface area contributed by atoms with E-state index in [4.69, 9.17) is 15.6 Å². The van der Waals surface area contributed by atoms with Crippen LogP contribution in [0.2, 0.25) is 0 Å². The molecule has 7 nitrogen and oxygen atoms in total. The minimum absolute atomic E-state index is 0.365. The van der Waals surface area contributed by atoms with E-state index in [1.807, 2.05) is 5.43 Å². The molecule has 0 fully saturated rings. The molecular formula is C10H5FN4O3. The number of carbonyl (C=O) groups is 1. The number of nitriles is 2. The largest absolute Gasteiger partial charge is 0.503 e. The summed E-state index contributed by atoms with van der Waals surface area (Å²) in [6.45, 7) is 0. The van der Waals surface area contributed by atoms with E-state index in [0.29, 0.717) is 6.07 Å². The molecular weight excluding hydrogens is 243 g/mol. The molecule has 0 spiro atoms. The zero-order chi connectivity index (χ0) is 13.7. The molecule has 0 saturated carbocycles. The molecule has 90 valence electrons. The Kier molecular flexibility index (Phi) is 3.79. The molecule has 1 aromatic carbocycles. The van der Waals surface area contributed by atoms with E-state index >= 15 is 0 Å². The first kappa shape index (κ1) is 12.9. The van der Waals surface area contributed by atoms with Crippen LogP contribution < -0.4 is 5.43 Å². The number of nitrogens with zero attached hydrogens (tertiary/aromatic N) is 3. The lowest BCUT2D eigenvalue weighted by molar-refractivity contribution is 0.0696. The van der Waals surface area contributed by atoms with E-state index in [1.54, 1.807) is 0 Å². The first-order valence-electron chi connectivity index (χ1n) is 4.39. The van der Waals surface area contributed by atoms with Crippen molar-refractivity contribution in [2.24, 2.45) is 5.10 Å². The quantitative estimate of drug-likeness (QED) is 0.416. The lowest BCUT2D eigenvalue weighted by atomic mass is 10.2. The van der Waals surface area contributed by atoms with E-state index in [9.17, 15) is 14.3 Å². The van der Waals surface area contributed by atoms with Gasteiger partial charge in [0.05, 0.1) is 5.56 Å². The fraction of sp³-hybridized carbons (Fsp3) is 0. The molecule has 0 aliphatic carbocycles. The van der Waals surface area contributed by atoms with Crippen LogP contribution >= 0.6 is 0 Å². The Balaban J connectivity index is 3.18. The Bertz CT molecular complexity index is 597. The van der Waals surface area contributed by atoms with Gasteiger partial charge in [-0.2, -0.15) is 15.6 Å². The molecule has 3 N–H and O–H groups in total. The van der Waals surface area contributed by atoms with Gasteiger partial charge in [0.2, 0.25) is 5.71 Å². The van der Waals surface area contributed by atoms with E-state index in [-0.39, 0.29) is 5.69 Å². The highest BCUT2D eigenvalue weighted by atomic mass is 19.1. The first-order valence-corrected chi connectivity index (χ1v) is 4.39. The molecule has 18 heavy (non-hydrogen) atoms. The molecule has 0 amide bonds. The number of carboxylic acids is 1. The average molecular weight is 248 g/mol. The van der Waals surface area contributed by atoms with Gasteiger partial charge in [0.25, 0.3) is 0 Å². The lowest BCUT2D eigenvalue weighted by Crippen LogP contribution is -2.02.